The SMILES string of the molecule is Cc1c(CCCN)ccc2occc12. The van der Waals surface area contributed by atoms with Crippen molar-refractivity contribution in [2.24, 2.45) is 5.73 Å². The average Bonchev–Trinajstić information content (AvgIpc) is 2.66. The van der Waals surface area contributed by atoms with Gasteiger partial charge in [0.1, 0.15) is 5.58 Å². The summed E-state index contributed by atoms with van der Waals surface area (Å²) in [5, 5.41) is 1.22. The summed E-state index contributed by atoms with van der Waals surface area (Å²) in [7, 11) is 0. The van der Waals surface area contributed by atoms with Crippen LogP contribution in [0.5, 0.6) is 0 Å². The molecule has 0 unspecified atom stereocenters. The fourth-order valence-corrected chi connectivity index (χ4v) is 1.80. The molecule has 2 rings (SSSR count). The molecule has 0 atom stereocenters. The molecule has 0 saturated carbocycles. The van der Waals surface area contributed by atoms with Crippen LogP contribution in [-0.4, -0.2) is 6.54 Å². The first-order valence-corrected chi connectivity index (χ1v) is 4.98. The molecule has 1 aromatic heterocycles. The van der Waals surface area contributed by atoms with E-state index in [1.54, 1.807) is 6.26 Å². The Hall–Kier alpha value is -1.28. The van der Waals surface area contributed by atoms with Crippen LogP contribution in [0, 0.1) is 6.92 Å². The van der Waals surface area contributed by atoms with Gasteiger partial charge in [-0.3, -0.25) is 0 Å². The summed E-state index contributed by atoms with van der Waals surface area (Å²) in [6.07, 6.45) is 3.85. The van der Waals surface area contributed by atoms with Crippen molar-refractivity contribution in [3.63, 3.8) is 0 Å². The van der Waals surface area contributed by atoms with Crippen LogP contribution in [0.4, 0.5) is 0 Å². The van der Waals surface area contributed by atoms with Crippen LogP contribution in [0.1, 0.15) is 17.5 Å². The van der Waals surface area contributed by atoms with Crippen molar-refractivity contribution < 1.29 is 4.42 Å². The number of benzene rings is 1. The molecule has 1 heterocycles. The lowest BCUT2D eigenvalue weighted by atomic mass is 10.0. The van der Waals surface area contributed by atoms with E-state index in [2.05, 4.69) is 13.0 Å². The molecule has 0 radical (unpaired) electrons. The minimum absolute atomic E-state index is 0.753. The molecular weight excluding hydrogens is 174 g/mol. The number of nitrogens with two attached hydrogens (primary N) is 1. The molecule has 1 aromatic carbocycles. The Labute approximate surface area is 83.7 Å². The molecule has 0 aliphatic carbocycles. The summed E-state index contributed by atoms with van der Waals surface area (Å²) >= 11 is 0. The Bertz CT molecular complexity index is 431. The molecule has 14 heavy (non-hydrogen) atoms. The van der Waals surface area contributed by atoms with Crippen LogP contribution >= 0.6 is 0 Å². The number of hydrogen-bond donors (Lipinski definition) is 1. The maximum absolute atomic E-state index is 5.50. The third-order valence-electron chi connectivity index (χ3n) is 2.67. The van der Waals surface area contributed by atoms with E-state index >= 15 is 0 Å². The Kier molecular flexibility index (Phi) is 2.55. The molecule has 0 fully saturated rings. The van der Waals surface area contributed by atoms with Crippen molar-refractivity contribution in [1.29, 1.82) is 0 Å². The second-order valence-corrected chi connectivity index (χ2v) is 3.57. The predicted molar refractivity (Wildman–Crippen MR) is 58.3 cm³/mol. The smallest absolute Gasteiger partial charge is 0.134 e. The van der Waals surface area contributed by atoms with Gasteiger partial charge in [0, 0.05) is 5.39 Å². The third kappa shape index (κ3) is 1.53. The lowest BCUT2D eigenvalue weighted by molar-refractivity contribution is 0.615. The van der Waals surface area contributed by atoms with Gasteiger partial charge in [-0.15, -0.1) is 0 Å². The van der Waals surface area contributed by atoms with E-state index in [4.69, 9.17) is 10.2 Å². The van der Waals surface area contributed by atoms with E-state index in [0.29, 0.717) is 0 Å². The fraction of sp³-hybridized carbons (Fsp3) is 0.333. The van der Waals surface area contributed by atoms with E-state index in [1.807, 2.05) is 12.1 Å². The molecule has 0 aliphatic heterocycles. The van der Waals surface area contributed by atoms with E-state index in [-0.39, 0.29) is 0 Å². The number of rotatable bonds is 3. The van der Waals surface area contributed by atoms with E-state index in [0.717, 1.165) is 25.0 Å². The second kappa shape index (κ2) is 3.84. The van der Waals surface area contributed by atoms with Gasteiger partial charge in [-0.2, -0.15) is 0 Å². The Balaban J connectivity index is 2.40. The second-order valence-electron chi connectivity index (χ2n) is 3.57. The number of aryl methyl sites for hydroxylation is 2. The van der Waals surface area contributed by atoms with Gasteiger partial charge in [0.05, 0.1) is 6.26 Å². The lowest BCUT2D eigenvalue weighted by Gasteiger charge is -2.05. The monoisotopic (exact) mass is 189 g/mol. The molecule has 2 nitrogen and oxygen atoms in total. The van der Waals surface area contributed by atoms with Crippen LogP contribution in [0.3, 0.4) is 0 Å². The summed E-state index contributed by atoms with van der Waals surface area (Å²) in [5.74, 6) is 0. The van der Waals surface area contributed by atoms with E-state index in [1.165, 1.54) is 16.5 Å². The molecule has 2 aromatic rings. The number of furan rings is 1. The van der Waals surface area contributed by atoms with Crippen LogP contribution in [-0.2, 0) is 6.42 Å². The largest absolute Gasteiger partial charge is 0.464 e. The van der Waals surface area contributed by atoms with Gasteiger partial charge in [0.15, 0.2) is 0 Å². The molecule has 0 spiro atoms. The average molecular weight is 189 g/mol. The van der Waals surface area contributed by atoms with Gasteiger partial charge in [-0.1, -0.05) is 6.07 Å². The van der Waals surface area contributed by atoms with Gasteiger partial charge in [0.2, 0.25) is 0 Å². The molecule has 2 heteroatoms. The summed E-state index contributed by atoms with van der Waals surface area (Å²) in [6.45, 7) is 2.90. The Morgan fingerprint density at radius 3 is 2.93 bits per heavy atom. The molecule has 2 N–H and O–H groups in total. The van der Waals surface area contributed by atoms with Crippen molar-refractivity contribution in [3.05, 3.63) is 35.6 Å². The van der Waals surface area contributed by atoms with Crippen LogP contribution < -0.4 is 5.73 Å². The lowest BCUT2D eigenvalue weighted by Crippen LogP contribution is -2.01. The molecule has 0 aliphatic rings. The number of fused-ring (bicyclic) bond motifs is 1. The minimum atomic E-state index is 0.753. The normalized spacial score (nSPS) is 11.0. The van der Waals surface area contributed by atoms with Gasteiger partial charge in [0.25, 0.3) is 0 Å². The zero-order chi connectivity index (χ0) is 9.97. The summed E-state index contributed by atoms with van der Waals surface area (Å²) < 4.78 is 5.33. The first kappa shape index (κ1) is 9.28. The third-order valence-corrected chi connectivity index (χ3v) is 2.67. The highest BCUT2D eigenvalue weighted by Gasteiger charge is 2.04. The zero-order valence-corrected chi connectivity index (χ0v) is 8.42. The van der Waals surface area contributed by atoms with Crippen LogP contribution in [0.15, 0.2) is 28.9 Å². The maximum Gasteiger partial charge on any atom is 0.134 e. The highest BCUT2D eigenvalue weighted by atomic mass is 16.3. The first-order chi connectivity index (χ1) is 6.83. The van der Waals surface area contributed by atoms with Crippen molar-refractivity contribution in [1.82, 2.24) is 0 Å². The number of hydrogen-bond acceptors (Lipinski definition) is 2. The van der Waals surface area contributed by atoms with E-state index < -0.39 is 0 Å². The molecule has 74 valence electrons. The summed E-state index contributed by atoms with van der Waals surface area (Å²) in [6, 6.07) is 6.20. The van der Waals surface area contributed by atoms with Crippen molar-refractivity contribution in [3.8, 4) is 0 Å². The highest BCUT2D eigenvalue weighted by Crippen LogP contribution is 2.23. The first-order valence-electron chi connectivity index (χ1n) is 4.98. The van der Waals surface area contributed by atoms with Crippen LogP contribution in [0.2, 0.25) is 0 Å². The van der Waals surface area contributed by atoms with Gasteiger partial charge < -0.3 is 10.2 Å². The standard InChI is InChI=1S/C12H15NO/c1-9-10(3-2-7-13)4-5-12-11(9)6-8-14-12/h4-6,8H,2-3,7,13H2,1H3. The summed E-state index contributed by atoms with van der Waals surface area (Å²) in [4.78, 5) is 0. The van der Waals surface area contributed by atoms with Gasteiger partial charge in [-0.05, 0) is 49.6 Å². The Morgan fingerprint density at radius 1 is 1.29 bits per heavy atom. The minimum Gasteiger partial charge on any atom is -0.464 e. The van der Waals surface area contributed by atoms with Crippen molar-refractivity contribution in [2.75, 3.05) is 6.54 Å². The molecule has 0 amide bonds. The molecule has 0 bridgehead atoms. The van der Waals surface area contributed by atoms with E-state index in [9.17, 15) is 0 Å². The fourth-order valence-electron chi connectivity index (χ4n) is 1.80. The van der Waals surface area contributed by atoms with Gasteiger partial charge in [-0.25, -0.2) is 0 Å². The quantitative estimate of drug-likeness (QED) is 0.806. The van der Waals surface area contributed by atoms with Crippen molar-refractivity contribution >= 4 is 11.0 Å². The highest BCUT2D eigenvalue weighted by molar-refractivity contribution is 5.81. The summed E-state index contributed by atoms with van der Waals surface area (Å²) in [5.41, 5.74) is 9.17. The van der Waals surface area contributed by atoms with Crippen molar-refractivity contribution in [2.45, 2.75) is 19.8 Å². The maximum atomic E-state index is 5.50. The molecule has 0 saturated heterocycles. The van der Waals surface area contributed by atoms with Crippen LogP contribution in [0.25, 0.3) is 11.0 Å². The zero-order valence-electron chi connectivity index (χ0n) is 8.42. The molecular formula is C12H15NO. The predicted octanol–water partition coefficient (Wildman–Crippen LogP) is 2.63. The Morgan fingerprint density at radius 2 is 2.14 bits per heavy atom. The van der Waals surface area contributed by atoms with Gasteiger partial charge >= 0.3 is 0 Å². The topological polar surface area (TPSA) is 39.2 Å².